The second-order valence-electron chi connectivity index (χ2n) is 5.18. The predicted molar refractivity (Wildman–Crippen MR) is 89.6 cm³/mol. The van der Waals surface area contributed by atoms with E-state index in [1.54, 1.807) is 22.8 Å². The van der Waals surface area contributed by atoms with Crippen LogP contribution in [0.1, 0.15) is 18.1 Å². The zero-order valence-corrected chi connectivity index (χ0v) is 12.8. The van der Waals surface area contributed by atoms with E-state index in [-0.39, 0.29) is 5.56 Å². The number of pyridine rings is 1. The van der Waals surface area contributed by atoms with E-state index in [0.29, 0.717) is 18.7 Å². The van der Waals surface area contributed by atoms with Crippen LogP contribution in [-0.4, -0.2) is 11.2 Å². The summed E-state index contributed by atoms with van der Waals surface area (Å²) in [5, 5.41) is 10.2. The monoisotopic (exact) mass is 304 g/mol. The molecular formula is C19H16N2O2. The van der Waals surface area contributed by atoms with E-state index in [1.165, 1.54) is 0 Å². The molecule has 0 atom stereocenters. The van der Waals surface area contributed by atoms with Gasteiger partial charge in [-0.3, -0.25) is 4.79 Å². The lowest BCUT2D eigenvalue weighted by molar-refractivity contribution is 0.340. The minimum absolute atomic E-state index is 0.0885. The highest BCUT2D eigenvalue weighted by molar-refractivity contribution is 5.80. The smallest absolute Gasteiger partial charge is 0.251 e. The molecule has 0 aliphatic heterocycles. The van der Waals surface area contributed by atoms with Crippen molar-refractivity contribution in [2.75, 3.05) is 6.61 Å². The summed E-state index contributed by atoms with van der Waals surface area (Å²) in [6.45, 7) is 2.90. The summed E-state index contributed by atoms with van der Waals surface area (Å²) in [5.74, 6) is 0.780. The van der Waals surface area contributed by atoms with Crippen molar-refractivity contribution in [1.29, 1.82) is 5.26 Å². The van der Waals surface area contributed by atoms with Gasteiger partial charge in [-0.25, -0.2) is 0 Å². The van der Waals surface area contributed by atoms with Crippen molar-refractivity contribution in [2.45, 2.75) is 13.5 Å². The molecule has 0 saturated heterocycles. The van der Waals surface area contributed by atoms with Gasteiger partial charge in [-0.05, 0) is 42.8 Å². The number of hydrogen-bond acceptors (Lipinski definition) is 3. The van der Waals surface area contributed by atoms with Crippen LogP contribution in [0.4, 0.5) is 0 Å². The first-order valence-corrected chi connectivity index (χ1v) is 7.47. The van der Waals surface area contributed by atoms with Crippen LogP contribution in [0.3, 0.4) is 0 Å². The van der Waals surface area contributed by atoms with Crippen molar-refractivity contribution in [2.24, 2.45) is 0 Å². The van der Waals surface area contributed by atoms with Gasteiger partial charge in [0.1, 0.15) is 5.75 Å². The van der Waals surface area contributed by atoms with Crippen molar-refractivity contribution in [3.63, 3.8) is 0 Å². The van der Waals surface area contributed by atoms with E-state index in [4.69, 9.17) is 4.74 Å². The van der Waals surface area contributed by atoms with Gasteiger partial charge in [-0.2, -0.15) is 5.26 Å². The van der Waals surface area contributed by atoms with Crippen LogP contribution in [0, 0.1) is 11.3 Å². The fourth-order valence-corrected chi connectivity index (χ4v) is 2.64. The number of nitrogens with zero attached hydrogens (tertiary/aromatic N) is 2. The Morgan fingerprint density at radius 2 is 1.96 bits per heavy atom. The van der Waals surface area contributed by atoms with Crippen molar-refractivity contribution in [3.05, 3.63) is 76.1 Å². The topological polar surface area (TPSA) is 55.0 Å². The summed E-state index contributed by atoms with van der Waals surface area (Å²) in [4.78, 5) is 12.3. The first-order valence-electron chi connectivity index (χ1n) is 7.47. The molecule has 4 nitrogen and oxygen atoms in total. The summed E-state index contributed by atoms with van der Waals surface area (Å²) < 4.78 is 7.19. The van der Waals surface area contributed by atoms with E-state index < -0.39 is 0 Å². The maximum absolute atomic E-state index is 12.3. The molecule has 0 spiro atoms. The first kappa shape index (κ1) is 14.9. The second-order valence-corrected chi connectivity index (χ2v) is 5.18. The van der Waals surface area contributed by atoms with Gasteiger partial charge in [0.15, 0.2) is 0 Å². The number of fused-ring (bicyclic) bond motifs is 1. The lowest BCUT2D eigenvalue weighted by Gasteiger charge is -2.12. The van der Waals surface area contributed by atoms with Gasteiger partial charge >= 0.3 is 0 Å². The van der Waals surface area contributed by atoms with E-state index in [9.17, 15) is 10.1 Å². The molecule has 0 unspecified atom stereocenters. The van der Waals surface area contributed by atoms with Crippen molar-refractivity contribution in [1.82, 2.24) is 4.57 Å². The van der Waals surface area contributed by atoms with Crippen molar-refractivity contribution in [3.8, 4) is 11.8 Å². The molecule has 0 amide bonds. The molecule has 3 rings (SSSR count). The summed E-state index contributed by atoms with van der Waals surface area (Å²) in [6, 6.07) is 18.5. The molecule has 0 saturated carbocycles. The summed E-state index contributed by atoms with van der Waals surface area (Å²) in [6.07, 6.45) is 0. The summed E-state index contributed by atoms with van der Waals surface area (Å²) in [5.41, 5.74) is 2.16. The zero-order chi connectivity index (χ0) is 16.2. The molecule has 2 aromatic carbocycles. The van der Waals surface area contributed by atoms with Crippen molar-refractivity contribution >= 4 is 10.9 Å². The lowest BCUT2D eigenvalue weighted by atomic mass is 10.1. The lowest BCUT2D eigenvalue weighted by Crippen LogP contribution is -2.20. The normalized spacial score (nSPS) is 10.4. The second kappa shape index (κ2) is 6.37. The molecule has 3 aromatic rings. The minimum atomic E-state index is -0.0885. The molecule has 1 aromatic heterocycles. The van der Waals surface area contributed by atoms with Gasteiger partial charge in [0.2, 0.25) is 0 Å². The van der Waals surface area contributed by atoms with Crippen LogP contribution in [0.25, 0.3) is 10.9 Å². The number of aromatic nitrogens is 1. The molecule has 114 valence electrons. The Bertz CT molecular complexity index is 951. The van der Waals surface area contributed by atoms with Gasteiger partial charge in [-0.15, -0.1) is 0 Å². The number of ether oxygens (including phenoxy) is 1. The molecule has 0 radical (unpaired) electrons. The molecule has 23 heavy (non-hydrogen) atoms. The van der Waals surface area contributed by atoms with Gasteiger partial charge in [0.05, 0.1) is 30.3 Å². The molecule has 0 aliphatic rings. The highest BCUT2D eigenvalue weighted by Gasteiger charge is 2.08. The molecule has 0 fully saturated rings. The Labute approximate surface area is 134 Å². The Kier molecular flexibility index (Phi) is 4.11. The van der Waals surface area contributed by atoms with Gasteiger partial charge in [0, 0.05) is 11.5 Å². The van der Waals surface area contributed by atoms with Gasteiger partial charge in [-0.1, -0.05) is 18.2 Å². The fourth-order valence-electron chi connectivity index (χ4n) is 2.64. The Hall–Kier alpha value is -3.06. The van der Waals surface area contributed by atoms with E-state index in [2.05, 4.69) is 6.07 Å². The quantitative estimate of drug-likeness (QED) is 0.743. The number of nitriles is 1. The van der Waals surface area contributed by atoms with Crippen LogP contribution in [0.15, 0.2) is 59.4 Å². The van der Waals surface area contributed by atoms with Crippen molar-refractivity contribution < 1.29 is 4.74 Å². The average molecular weight is 304 g/mol. The van der Waals surface area contributed by atoms with Gasteiger partial charge in [0.25, 0.3) is 5.56 Å². The van der Waals surface area contributed by atoms with Gasteiger partial charge < -0.3 is 9.30 Å². The Balaban J connectivity index is 2.11. The highest BCUT2D eigenvalue weighted by Crippen LogP contribution is 2.21. The zero-order valence-electron chi connectivity index (χ0n) is 12.8. The maximum atomic E-state index is 12.3. The van der Waals surface area contributed by atoms with E-state index >= 15 is 0 Å². The van der Waals surface area contributed by atoms with Crippen LogP contribution >= 0.6 is 0 Å². The number of rotatable bonds is 4. The maximum Gasteiger partial charge on any atom is 0.251 e. The molecule has 0 aliphatic carbocycles. The van der Waals surface area contributed by atoms with Crippen LogP contribution in [0.2, 0.25) is 0 Å². The number of benzene rings is 2. The fraction of sp³-hybridized carbons (Fsp3) is 0.158. The third-order valence-electron chi connectivity index (χ3n) is 3.74. The van der Waals surface area contributed by atoms with E-state index in [1.807, 2.05) is 43.3 Å². The molecular weight excluding hydrogens is 288 g/mol. The Morgan fingerprint density at radius 1 is 1.13 bits per heavy atom. The molecule has 1 heterocycles. The minimum Gasteiger partial charge on any atom is -0.494 e. The van der Waals surface area contributed by atoms with Crippen LogP contribution in [0.5, 0.6) is 5.75 Å². The Morgan fingerprint density at radius 3 is 2.74 bits per heavy atom. The summed E-state index contributed by atoms with van der Waals surface area (Å²) in [7, 11) is 0. The SMILES string of the molecule is CCOc1ccc2c(ccc(=O)n2Cc2ccccc2C#N)c1. The highest BCUT2D eigenvalue weighted by atomic mass is 16.5. The standard InChI is InChI=1S/C19H16N2O2/c1-2-23-17-8-9-18-14(11-17)7-10-19(22)21(18)13-16-6-4-3-5-15(16)12-20/h3-11H,2,13H2,1H3. The third kappa shape index (κ3) is 2.95. The van der Waals surface area contributed by atoms with Crippen LogP contribution in [-0.2, 0) is 6.54 Å². The largest absolute Gasteiger partial charge is 0.494 e. The average Bonchev–Trinajstić information content (AvgIpc) is 2.58. The van der Waals surface area contributed by atoms with Crippen LogP contribution < -0.4 is 10.3 Å². The number of hydrogen-bond donors (Lipinski definition) is 0. The van der Waals surface area contributed by atoms with E-state index in [0.717, 1.165) is 22.2 Å². The molecule has 4 heteroatoms. The molecule has 0 bridgehead atoms. The summed E-state index contributed by atoms with van der Waals surface area (Å²) >= 11 is 0. The predicted octanol–water partition coefficient (Wildman–Crippen LogP) is 3.32. The third-order valence-corrected chi connectivity index (χ3v) is 3.74. The molecule has 0 N–H and O–H groups in total. The first-order chi connectivity index (χ1) is 11.2.